The molecule has 0 unspecified atom stereocenters. The Balaban J connectivity index is 2.39. The van der Waals surface area contributed by atoms with E-state index in [1.54, 1.807) is 30.4 Å². The first-order valence-corrected chi connectivity index (χ1v) is 6.29. The molecule has 0 saturated carbocycles. The van der Waals surface area contributed by atoms with Gasteiger partial charge < -0.3 is 15.7 Å². The van der Waals surface area contributed by atoms with Gasteiger partial charge in [0.1, 0.15) is 0 Å². The maximum atomic E-state index is 11.3. The van der Waals surface area contributed by atoms with Crippen LogP contribution in [-0.2, 0) is 6.54 Å². The van der Waals surface area contributed by atoms with Crippen molar-refractivity contribution in [3.8, 4) is 0 Å². The van der Waals surface area contributed by atoms with Crippen LogP contribution < -0.4 is 10.6 Å². The van der Waals surface area contributed by atoms with E-state index in [2.05, 4.69) is 4.98 Å². The van der Waals surface area contributed by atoms with Crippen molar-refractivity contribution < 1.29 is 9.90 Å². The van der Waals surface area contributed by atoms with E-state index < -0.39 is 5.97 Å². The van der Waals surface area contributed by atoms with E-state index >= 15 is 0 Å². The van der Waals surface area contributed by atoms with E-state index in [1.165, 1.54) is 6.07 Å². The van der Waals surface area contributed by atoms with E-state index in [4.69, 9.17) is 17.3 Å². The highest BCUT2D eigenvalue weighted by atomic mass is 35.5. The summed E-state index contributed by atoms with van der Waals surface area (Å²) >= 11 is 6.14. The summed E-state index contributed by atoms with van der Waals surface area (Å²) in [6.07, 6.45) is 3.37. The SMILES string of the molecule is CN(Cc1ccncc1)c1c(Cl)cc(N)cc1C(=O)O. The molecule has 0 aliphatic carbocycles. The number of carbonyl (C=O) groups is 1. The first-order valence-electron chi connectivity index (χ1n) is 5.91. The molecule has 1 aromatic heterocycles. The molecule has 0 atom stereocenters. The van der Waals surface area contributed by atoms with Gasteiger partial charge in [-0.1, -0.05) is 11.6 Å². The third-order valence-electron chi connectivity index (χ3n) is 2.87. The summed E-state index contributed by atoms with van der Waals surface area (Å²) in [5.74, 6) is -1.06. The van der Waals surface area contributed by atoms with E-state index in [0.717, 1.165) is 5.56 Å². The summed E-state index contributed by atoms with van der Waals surface area (Å²) in [6, 6.07) is 6.68. The molecule has 0 fully saturated rings. The van der Waals surface area contributed by atoms with Crippen molar-refractivity contribution in [1.29, 1.82) is 0 Å². The van der Waals surface area contributed by atoms with Crippen molar-refractivity contribution in [2.45, 2.75) is 6.54 Å². The van der Waals surface area contributed by atoms with Gasteiger partial charge in [-0.05, 0) is 29.8 Å². The van der Waals surface area contributed by atoms with Gasteiger partial charge in [0.15, 0.2) is 0 Å². The van der Waals surface area contributed by atoms with E-state index in [9.17, 15) is 9.90 Å². The van der Waals surface area contributed by atoms with Crippen molar-refractivity contribution in [2.75, 3.05) is 17.7 Å². The van der Waals surface area contributed by atoms with Gasteiger partial charge in [0.25, 0.3) is 0 Å². The predicted octanol–water partition coefficient (Wildman–Crippen LogP) is 2.65. The molecule has 3 N–H and O–H groups in total. The van der Waals surface area contributed by atoms with Gasteiger partial charge in [0.05, 0.1) is 16.3 Å². The molecule has 0 spiro atoms. The van der Waals surface area contributed by atoms with Gasteiger partial charge in [-0.15, -0.1) is 0 Å². The Morgan fingerprint density at radius 1 is 1.40 bits per heavy atom. The van der Waals surface area contributed by atoms with Gasteiger partial charge in [-0.25, -0.2) is 4.79 Å². The molecule has 20 heavy (non-hydrogen) atoms. The van der Waals surface area contributed by atoms with Crippen LogP contribution in [-0.4, -0.2) is 23.1 Å². The summed E-state index contributed by atoms with van der Waals surface area (Å²) in [5, 5.41) is 9.60. The number of nitrogens with zero attached hydrogens (tertiary/aromatic N) is 2. The highest BCUT2D eigenvalue weighted by Gasteiger charge is 2.18. The summed E-state index contributed by atoms with van der Waals surface area (Å²) in [5.41, 5.74) is 7.52. The maximum absolute atomic E-state index is 11.3. The zero-order chi connectivity index (χ0) is 14.7. The third kappa shape index (κ3) is 3.00. The number of aromatic carboxylic acids is 1. The number of hydrogen-bond donors (Lipinski definition) is 2. The van der Waals surface area contributed by atoms with Crippen molar-refractivity contribution in [1.82, 2.24) is 4.98 Å². The number of carboxylic acids is 1. The highest BCUT2D eigenvalue weighted by molar-refractivity contribution is 6.34. The quantitative estimate of drug-likeness (QED) is 0.847. The fourth-order valence-corrected chi connectivity index (χ4v) is 2.38. The summed E-state index contributed by atoms with van der Waals surface area (Å²) < 4.78 is 0. The number of rotatable bonds is 4. The number of nitrogens with two attached hydrogens (primary N) is 1. The number of carboxylic acid groups (broad SMARTS) is 1. The molecule has 0 amide bonds. The molecule has 0 radical (unpaired) electrons. The lowest BCUT2D eigenvalue weighted by Crippen LogP contribution is -2.20. The molecule has 0 aliphatic rings. The lowest BCUT2D eigenvalue weighted by atomic mass is 10.1. The molecule has 2 aromatic rings. The summed E-state index contributed by atoms with van der Waals surface area (Å²) in [4.78, 5) is 17.1. The number of nitrogen functional groups attached to an aromatic ring is 1. The minimum Gasteiger partial charge on any atom is -0.478 e. The molecule has 1 aromatic carbocycles. The average Bonchev–Trinajstić information content (AvgIpc) is 2.38. The van der Waals surface area contributed by atoms with Crippen molar-refractivity contribution in [3.63, 3.8) is 0 Å². The normalized spacial score (nSPS) is 10.3. The van der Waals surface area contributed by atoms with Gasteiger partial charge >= 0.3 is 5.97 Å². The first kappa shape index (κ1) is 14.1. The second-order valence-corrected chi connectivity index (χ2v) is 4.82. The van der Waals surface area contributed by atoms with Crippen LogP contribution in [0, 0.1) is 0 Å². The molecule has 2 rings (SSSR count). The van der Waals surface area contributed by atoms with Gasteiger partial charge in [-0.2, -0.15) is 0 Å². The van der Waals surface area contributed by atoms with Crippen LogP contribution in [0.4, 0.5) is 11.4 Å². The minimum absolute atomic E-state index is 0.0894. The monoisotopic (exact) mass is 291 g/mol. The van der Waals surface area contributed by atoms with E-state index in [1.807, 2.05) is 12.1 Å². The number of aromatic nitrogens is 1. The van der Waals surface area contributed by atoms with E-state index in [0.29, 0.717) is 22.9 Å². The molecular weight excluding hydrogens is 278 g/mol. The van der Waals surface area contributed by atoms with Gasteiger partial charge in [0, 0.05) is 31.7 Å². The van der Waals surface area contributed by atoms with Crippen LogP contribution in [0.2, 0.25) is 5.02 Å². The minimum atomic E-state index is -1.06. The van der Waals surface area contributed by atoms with Crippen LogP contribution in [0.1, 0.15) is 15.9 Å². The van der Waals surface area contributed by atoms with Crippen LogP contribution in [0.15, 0.2) is 36.7 Å². The van der Waals surface area contributed by atoms with E-state index in [-0.39, 0.29) is 5.56 Å². The van der Waals surface area contributed by atoms with Crippen molar-refractivity contribution in [3.05, 3.63) is 52.8 Å². The van der Waals surface area contributed by atoms with Crippen LogP contribution in [0.5, 0.6) is 0 Å². The number of benzene rings is 1. The number of anilines is 2. The Morgan fingerprint density at radius 3 is 2.65 bits per heavy atom. The zero-order valence-corrected chi connectivity index (χ0v) is 11.6. The van der Waals surface area contributed by atoms with Crippen molar-refractivity contribution >= 4 is 28.9 Å². The van der Waals surface area contributed by atoms with Crippen LogP contribution in [0.3, 0.4) is 0 Å². The zero-order valence-electron chi connectivity index (χ0n) is 10.9. The molecule has 0 saturated heterocycles. The smallest absolute Gasteiger partial charge is 0.337 e. The van der Waals surface area contributed by atoms with Gasteiger partial charge in [-0.3, -0.25) is 4.98 Å². The fraction of sp³-hybridized carbons (Fsp3) is 0.143. The molecule has 104 valence electrons. The lowest BCUT2D eigenvalue weighted by molar-refractivity contribution is 0.0697. The standard InChI is InChI=1S/C14H14ClN3O2/c1-18(8-9-2-4-17-5-3-9)13-11(14(19)20)6-10(16)7-12(13)15/h2-7H,8,16H2,1H3,(H,19,20). The Bertz CT molecular complexity index is 632. The number of halogens is 1. The van der Waals surface area contributed by atoms with Crippen molar-refractivity contribution in [2.24, 2.45) is 0 Å². The lowest BCUT2D eigenvalue weighted by Gasteiger charge is -2.23. The molecule has 5 nitrogen and oxygen atoms in total. The molecular formula is C14H14ClN3O2. The van der Waals surface area contributed by atoms with Gasteiger partial charge in [0.2, 0.25) is 0 Å². The largest absolute Gasteiger partial charge is 0.478 e. The van der Waals surface area contributed by atoms with Crippen LogP contribution in [0.25, 0.3) is 0 Å². The second kappa shape index (κ2) is 5.79. The molecule has 0 bridgehead atoms. The predicted molar refractivity (Wildman–Crippen MR) is 79.2 cm³/mol. The molecule has 1 heterocycles. The Morgan fingerprint density at radius 2 is 2.05 bits per heavy atom. The molecule has 6 heteroatoms. The topological polar surface area (TPSA) is 79.5 Å². The Kier molecular flexibility index (Phi) is 4.10. The Labute approximate surface area is 121 Å². The second-order valence-electron chi connectivity index (χ2n) is 4.42. The highest BCUT2D eigenvalue weighted by Crippen LogP contribution is 2.32. The number of hydrogen-bond acceptors (Lipinski definition) is 4. The average molecular weight is 292 g/mol. The summed E-state index contributed by atoms with van der Waals surface area (Å²) in [7, 11) is 1.78. The summed E-state index contributed by atoms with van der Waals surface area (Å²) in [6.45, 7) is 0.520. The Hall–Kier alpha value is -2.27. The fourth-order valence-electron chi connectivity index (χ4n) is 2.01. The number of pyridine rings is 1. The first-order chi connectivity index (χ1) is 9.49. The van der Waals surface area contributed by atoms with Crippen LogP contribution >= 0.6 is 11.6 Å². The molecule has 0 aliphatic heterocycles. The maximum Gasteiger partial charge on any atom is 0.337 e. The third-order valence-corrected chi connectivity index (χ3v) is 3.16.